The van der Waals surface area contributed by atoms with E-state index in [2.05, 4.69) is 38.2 Å². The van der Waals surface area contributed by atoms with Gasteiger partial charge in [-0.3, -0.25) is 9.69 Å². The molecule has 1 aliphatic rings. The van der Waals surface area contributed by atoms with E-state index in [0.29, 0.717) is 17.0 Å². The van der Waals surface area contributed by atoms with Crippen LogP contribution in [-0.2, 0) is 31.4 Å². The van der Waals surface area contributed by atoms with Crippen LogP contribution in [0, 0.1) is 11.3 Å². The van der Waals surface area contributed by atoms with Gasteiger partial charge in [0, 0.05) is 24.5 Å². The number of benzene rings is 1. The lowest BCUT2D eigenvalue weighted by molar-refractivity contribution is -0.772. The first-order valence-electron chi connectivity index (χ1n) is 10.3. The first-order chi connectivity index (χ1) is 15.5. The predicted octanol–water partition coefficient (Wildman–Crippen LogP) is 2.57. The van der Waals surface area contributed by atoms with Crippen LogP contribution in [0.5, 0.6) is 5.95 Å². The molecule has 1 unspecified atom stereocenters. The zero-order chi connectivity index (χ0) is 22.7. The zero-order valence-corrected chi connectivity index (χ0v) is 19.5. The van der Waals surface area contributed by atoms with Gasteiger partial charge in [-0.1, -0.05) is 41.9 Å². The summed E-state index contributed by atoms with van der Waals surface area (Å²) in [6.07, 6.45) is 1.29. The molecule has 1 aromatic carbocycles. The van der Waals surface area contributed by atoms with Crippen LogP contribution in [-0.4, -0.2) is 27.9 Å². The number of aryl methyl sites for hydroxylation is 1. The highest BCUT2D eigenvalue weighted by atomic mass is 32.2. The second kappa shape index (κ2) is 9.73. The van der Waals surface area contributed by atoms with Gasteiger partial charge in [-0.15, -0.1) is 11.3 Å². The minimum absolute atomic E-state index is 0.241. The Bertz CT molecular complexity index is 1130. The molecule has 1 amide bonds. The SMILES string of the molecule is CCC(Sc1c([O-])on[n+]1C)C(=O)Nc1sc2c(c1C#N)CCN(Cc1ccccc1)C2. The number of rotatable bonds is 7. The summed E-state index contributed by atoms with van der Waals surface area (Å²) in [7, 11) is 1.60. The van der Waals surface area contributed by atoms with Gasteiger partial charge in [0.2, 0.25) is 5.91 Å². The number of amides is 1. The monoisotopic (exact) mass is 469 g/mol. The van der Waals surface area contributed by atoms with Gasteiger partial charge in [-0.2, -0.15) is 5.26 Å². The Morgan fingerprint density at radius 1 is 1.47 bits per heavy atom. The number of fused-ring (bicyclic) bond motifs is 1. The number of hydrogen-bond donors (Lipinski definition) is 1. The number of anilines is 1. The quantitative estimate of drug-likeness (QED) is 0.418. The largest absolute Gasteiger partial charge is 0.538 e. The van der Waals surface area contributed by atoms with Crippen LogP contribution >= 0.6 is 23.1 Å². The fourth-order valence-corrected chi connectivity index (χ4v) is 5.88. The summed E-state index contributed by atoms with van der Waals surface area (Å²) < 4.78 is 5.97. The van der Waals surface area contributed by atoms with Crippen LogP contribution in [0.2, 0.25) is 0 Å². The van der Waals surface area contributed by atoms with Crippen LogP contribution in [0.3, 0.4) is 0 Å². The normalized spacial score (nSPS) is 14.5. The van der Waals surface area contributed by atoms with Gasteiger partial charge in [0.15, 0.2) is 13.0 Å². The average molecular weight is 470 g/mol. The standard InChI is InChI=1S/C22H23N5O3S2/c1-3-17(32-21-22(29)30-25-26(21)2)19(28)24-20-16(11-23)15-9-10-27(13-18(15)31-20)12-14-7-5-4-6-8-14/h4-8,17H,3,9-10,12-13H2,1-2H3,(H-,24,25,28,29). The Labute approximate surface area is 194 Å². The Kier molecular flexibility index (Phi) is 6.79. The van der Waals surface area contributed by atoms with E-state index in [4.69, 9.17) is 0 Å². The minimum Gasteiger partial charge on any atom is -0.538 e. The van der Waals surface area contributed by atoms with Crippen molar-refractivity contribution in [3.8, 4) is 12.0 Å². The van der Waals surface area contributed by atoms with E-state index in [-0.39, 0.29) is 10.9 Å². The first kappa shape index (κ1) is 22.3. The molecule has 0 aliphatic carbocycles. The second-order valence-electron chi connectivity index (χ2n) is 7.56. The number of aromatic nitrogens is 2. The molecule has 0 saturated heterocycles. The van der Waals surface area contributed by atoms with E-state index in [1.165, 1.54) is 21.6 Å². The molecule has 8 nitrogen and oxygen atoms in total. The van der Waals surface area contributed by atoms with E-state index in [9.17, 15) is 15.2 Å². The van der Waals surface area contributed by atoms with Crippen LogP contribution in [0.4, 0.5) is 5.00 Å². The summed E-state index contributed by atoms with van der Waals surface area (Å²) >= 11 is 2.59. The fourth-order valence-electron chi connectivity index (χ4n) is 3.72. The summed E-state index contributed by atoms with van der Waals surface area (Å²) in [5.74, 6) is -0.805. The number of hydrogen-bond acceptors (Lipinski definition) is 8. The molecule has 0 saturated carbocycles. The fraction of sp³-hybridized carbons (Fsp3) is 0.364. The number of nitrogens with zero attached hydrogens (tertiary/aromatic N) is 4. The van der Waals surface area contributed by atoms with Crippen molar-refractivity contribution in [1.82, 2.24) is 10.2 Å². The topological polar surface area (TPSA) is 109 Å². The van der Waals surface area contributed by atoms with Gasteiger partial charge in [-0.05, 0) is 35.7 Å². The van der Waals surface area contributed by atoms with Crippen molar-refractivity contribution in [3.63, 3.8) is 0 Å². The van der Waals surface area contributed by atoms with Crippen molar-refractivity contribution in [2.24, 2.45) is 7.05 Å². The third kappa shape index (κ3) is 4.65. The van der Waals surface area contributed by atoms with Crippen LogP contribution in [0.25, 0.3) is 0 Å². The Morgan fingerprint density at radius 3 is 2.91 bits per heavy atom. The van der Waals surface area contributed by atoms with E-state index >= 15 is 0 Å². The molecule has 10 heteroatoms. The molecule has 0 radical (unpaired) electrons. The van der Waals surface area contributed by atoms with Gasteiger partial charge < -0.3 is 14.9 Å². The third-order valence-electron chi connectivity index (χ3n) is 5.37. The molecule has 3 heterocycles. The van der Waals surface area contributed by atoms with Gasteiger partial charge in [0.05, 0.1) is 16.1 Å². The summed E-state index contributed by atoms with van der Waals surface area (Å²) in [6.45, 7) is 4.34. The lowest BCUT2D eigenvalue weighted by Crippen LogP contribution is -2.34. The van der Waals surface area contributed by atoms with Crippen molar-refractivity contribution >= 4 is 34.0 Å². The van der Waals surface area contributed by atoms with E-state index < -0.39 is 11.2 Å². The molecule has 1 atom stereocenters. The van der Waals surface area contributed by atoms with Crippen molar-refractivity contribution in [2.45, 2.75) is 43.1 Å². The predicted molar refractivity (Wildman–Crippen MR) is 119 cm³/mol. The van der Waals surface area contributed by atoms with Crippen LogP contribution in [0.15, 0.2) is 39.9 Å². The Morgan fingerprint density at radius 2 is 2.25 bits per heavy atom. The minimum atomic E-state index is -0.563. The van der Waals surface area contributed by atoms with Crippen molar-refractivity contribution in [3.05, 3.63) is 51.9 Å². The Hall–Kier alpha value is -2.87. The summed E-state index contributed by atoms with van der Waals surface area (Å²) in [6, 6.07) is 12.6. The molecule has 4 rings (SSSR count). The smallest absolute Gasteiger partial charge is 0.291 e. The summed E-state index contributed by atoms with van der Waals surface area (Å²) in [4.78, 5) is 16.4. The molecule has 1 aliphatic heterocycles. The van der Waals surface area contributed by atoms with E-state index in [1.54, 1.807) is 7.05 Å². The summed E-state index contributed by atoms with van der Waals surface area (Å²) in [5, 5.41) is 28.5. The van der Waals surface area contributed by atoms with Gasteiger partial charge in [-0.25, -0.2) is 0 Å². The second-order valence-corrected chi connectivity index (χ2v) is 9.86. The summed E-state index contributed by atoms with van der Waals surface area (Å²) in [5.41, 5.74) is 2.84. The molecular weight excluding hydrogens is 446 g/mol. The van der Waals surface area contributed by atoms with Crippen molar-refractivity contribution in [1.29, 1.82) is 5.26 Å². The molecule has 1 N–H and O–H groups in total. The highest BCUT2D eigenvalue weighted by Gasteiger charge is 2.29. The molecule has 3 aromatic rings. The maximum absolute atomic E-state index is 13.0. The van der Waals surface area contributed by atoms with Crippen LogP contribution in [0.1, 0.15) is 34.9 Å². The van der Waals surface area contributed by atoms with E-state index in [0.717, 1.165) is 48.3 Å². The lowest BCUT2D eigenvalue weighted by atomic mass is 10.0. The van der Waals surface area contributed by atoms with Gasteiger partial charge in [0.25, 0.3) is 5.03 Å². The number of thioether (sulfide) groups is 1. The number of carbonyl (C=O) groups is 1. The molecule has 0 fully saturated rings. The molecular formula is C22H23N5O3S2. The third-order valence-corrected chi connectivity index (χ3v) is 7.98. The molecule has 166 valence electrons. The van der Waals surface area contributed by atoms with Crippen LogP contribution < -0.4 is 15.1 Å². The molecule has 2 aromatic heterocycles. The molecule has 32 heavy (non-hydrogen) atoms. The number of nitriles is 1. The molecule has 0 bridgehead atoms. The Balaban J connectivity index is 1.48. The molecule has 0 spiro atoms. The van der Waals surface area contributed by atoms with Crippen molar-refractivity contribution < 1.29 is 19.1 Å². The highest BCUT2D eigenvalue weighted by Crippen LogP contribution is 2.38. The van der Waals surface area contributed by atoms with Crippen molar-refractivity contribution in [2.75, 3.05) is 11.9 Å². The van der Waals surface area contributed by atoms with Gasteiger partial charge >= 0.3 is 0 Å². The first-order valence-corrected chi connectivity index (χ1v) is 12.0. The average Bonchev–Trinajstić information content (AvgIpc) is 3.30. The highest BCUT2D eigenvalue weighted by molar-refractivity contribution is 8.00. The number of nitrogens with one attached hydrogen (secondary N) is 1. The maximum Gasteiger partial charge on any atom is 0.291 e. The lowest BCUT2D eigenvalue weighted by Gasteiger charge is -2.26. The van der Waals surface area contributed by atoms with Gasteiger partial charge in [0.1, 0.15) is 11.1 Å². The zero-order valence-electron chi connectivity index (χ0n) is 17.8. The number of thiophene rings is 1. The number of carbonyl (C=O) groups excluding carboxylic acids is 1. The maximum atomic E-state index is 13.0. The van der Waals surface area contributed by atoms with E-state index in [1.807, 2.05) is 25.1 Å².